The predicted octanol–water partition coefficient (Wildman–Crippen LogP) is 12.4. The molecule has 0 saturated heterocycles. The molecule has 16 rings (SSSR count). The number of anilines is 10. The van der Waals surface area contributed by atoms with Gasteiger partial charge < -0.3 is 70.2 Å². The normalized spacial score (nSPS) is 11.8. The third kappa shape index (κ3) is 15.8. The Kier molecular flexibility index (Phi) is 21.4. The summed E-state index contributed by atoms with van der Waals surface area (Å²) in [5.74, 6) is -7.77. The number of fused-ring (bicyclic) bond motifs is 4. The molecular weight excluding hydrogens is 1650 g/mol. The van der Waals surface area contributed by atoms with Crippen LogP contribution in [-0.4, -0.2) is 136 Å². The van der Waals surface area contributed by atoms with E-state index in [0.717, 1.165) is 54.1 Å². The Balaban J connectivity index is 0.715. The van der Waals surface area contributed by atoms with Crippen molar-refractivity contribution in [3.8, 4) is 57.3 Å². The quantitative estimate of drug-likeness (QED) is 0.00865. The Bertz CT molecular complexity index is 7370. The number of benzene rings is 10. The summed E-state index contributed by atoms with van der Waals surface area (Å²) in [4.78, 5) is 160. The van der Waals surface area contributed by atoms with E-state index in [1.165, 1.54) is 71.8 Å². The molecule has 4 aromatic heterocycles. The van der Waals surface area contributed by atoms with Gasteiger partial charge in [0.1, 0.15) is 32.8 Å². The molecule has 124 heavy (non-hydrogen) atoms. The fourth-order valence-corrected chi connectivity index (χ4v) is 15.8. The van der Waals surface area contributed by atoms with Gasteiger partial charge in [-0.2, -0.15) is 46.7 Å². The van der Waals surface area contributed by atoms with Crippen molar-refractivity contribution in [2.75, 3.05) is 45.0 Å². The predicted molar refractivity (Wildman–Crippen MR) is 448 cm³/mol. The number of ketones is 4. The summed E-state index contributed by atoms with van der Waals surface area (Å²) in [6.07, 6.45) is 0.0718. The number of carboxylic acid groups (broad SMARTS) is 2. The Labute approximate surface area is 698 Å². The van der Waals surface area contributed by atoms with Crippen LogP contribution in [0.3, 0.4) is 0 Å². The lowest BCUT2D eigenvalue weighted by atomic mass is 9.80. The second kappa shape index (κ2) is 32.6. The Morgan fingerprint density at radius 1 is 0.411 bits per heavy atom. The molecule has 36 nitrogen and oxygen atoms in total. The number of carbonyl (C=O) groups excluding carboxylic acids is 6. The highest BCUT2D eigenvalue weighted by Crippen LogP contribution is 2.48. The van der Waals surface area contributed by atoms with Gasteiger partial charge in [0.15, 0.2) is 23.1 Å². The minimum Gasteiger partial charge on any atom is -0.478 e. The molecule has 0 radical (unpaired) electrons. The van der Waals surface area contributed by atoms with E-state index in [1.807, 2.05) is 0 Å². The molecular formula is C86H60N14O22S2. The van der Waals surface area contributed by atoms with Crippen LogP contribution in [0.25, 0.3) is 44.1 Å². The van der Waals surface area contributed by atoms with Gasteiger partial charge >= 0.3 is 24.0 Å². The smallest absolute Gasteiger partial charge is 0.335 e. The number of hydrogen-bond donors (Lipinski definition) is 10. The van der Waals surface area contributed by atoms with Gasteiger partial charge in [-0.1, -0.05) is 103 Å². The Morgan fingerprint density at radius 2 is 0.831 bits per heavy atom. The number of carbonyl (C=O) groups is 8. The van der Waals surface area contributed by atoms with Gasteiger partial charge in [-0.05, 0) is 115 Å². The molecule has 0 bridgehead atoms. The zero-order valence-electron chi connectivity index (χ0n) is 64.4. The van der Waals surface area contributed by atoms with E-state index in [9.17, 15) is 84.1 Å². The second-order valence-corrected chi connectivity index (χ2v) is 30.7. The molecule has 2 aliphatic carbocycles. The SMILES string of the molecule is Cc1cccc(C(=O)c2c3c4c(c(Nc5cc(Nc6nc(NCCCNc7nc(Nc8cc(Nc9ccc%10c%11c9C(=O)c9ccccc9-c%11c(C(=O)c9ccccc9)c(=O)n%10C)ccc8S(=O)(=O)O)nc(Oc8cc(OC=O)cc(C(=O)O)c8)n7)nc(Oc7cc(OC=O)cc(C(=O)O)c7)n6)ccc5S(=O)(=O)O)ccc4n(C)c2=O)C(=O)c2ccccc2-3)c1. The zero-order valence-corrected chi connectivity index (χ0v) is 66.0. The molecule has 10 aromatic carbocycles. The minimum atomic E-state index is -5.15. The molecule has 0 atom stereocenters. The van der Waals surface area contributed by atoms with Crippen LogP contribution in [0.1, 0.15) is 96.4 Å². The van der Waals surface area contributed by atoms with Crippen LogP contribution in [0.2, 0.25) is 0 Å². The van der Waals surface area contributed by atoms with E-state index in [2.05, 4.69) is 61.8 Å². The minimum absolute atomic E-state index is 0.00701. The molecule has 10 N–H and O–H groups in total. The van der Waals surface area contributed by atoms with Gasteiger partial charge in [0.2, 0.25) is 23.8 Å². The molecule has 0 amide bonds. The van der Waals surface area contributed by atoms with E-state index in [-0.39, 0.29) is 179 Å². The Morgan fingerprint density at radius 3 is 1.30 bits per heavy atom. The van der Waals surface area contributed by atoms with Crippen molar-refractivity contribution in [3.05, 3.63) is 282 Å². The average Bonchev–Trinajstić information content (AvgIpc) is 0.709. The lowest BCUT2D eigenvalue weighted by Gasteiger charge is -2.26. The van der Waals surface area contributed by atoms with Crippen LogP contribution in [0, 0.1) is 6.92 Å². The van der Waals surface area contributed by atoms with Gasteiger partial charge in [0.25, 0.3) is 44.3 Å². The number of nitrogens with zero attached hydrogens (tertiary/aromatic N) is 8. The van der Waals surface area contributed by atoms with Gasteiger partial charge in [-0.25, -0.2) is 9.59 Å². The van der Waals surface area contributed by atoms with Crippen LogP contribution in [0.15, 0.2) is 220 Å². The van der Waals surface area contributed by atoms with Gasteiger partial charge in [-0.15, -0.1) is 0 Å². The number of aromatic carboxylic acids is 2. The highest BCUT2D eigenvalue weighted by atomic mass is 32.2. The summed E-state index contributed by atoms with van der Waals surface area (Å²) >= 11 is 0. The number of nitrogens with one attached hydrogen (secondary N) is 6. The van der Waals surface area contributed by atoms with Gasteiger partial charge in [-0.3, -0.25) is 47.5 Å². The van der Waals surface area contributed by atoms with Gasteiger partial charge in [0.05, 0.1) is 67.2 Å². The van der Waals surface area contributed by atoms with E-state index < -0.39 is 111 Å². The van der Waals surface area contributed by atoms with Crippen molar-refractivity contribution < 1.29 is 93.5 Å². The fraction of sp³-hybridized carbons (Fsp3) is 0.0698. The van der Waals surface area contributed by atoms with Crippen molar-refractivity contribution in [1.82, 2.24) is 39.0 Å². The van der Waals surface area contributed by atoms with Crippen molar-refractivity contribution in [2.45, 2.75) is 23.1 Å². The number of rotatable bonds is 30. The third-order valence-corrected chi connectivity index (χ3v) is 21.8. The number of aryl methyl sites for hydroxylation is 3. The molecule has 0 saturated carbocycles. The van der Waals surface area contributed by atoms with E-state index >= 15 is 0 Å². The van der Waals surface area contributed by atoms with Crippen LogP contribution >= 0.6 is 0 Å². The number of carboxylic acids is 2. The van der Waals surface area contributed by atoms with Crippen LogP contribution < -0.4 is 62.0 Å². The zero-order chi connectivity index (χ0) is 87.3. The van der Waals surface area contributed by atoms with Gasteiger partial charge in [0, 0.05) is 94.8 Å². The number of pyridine rings is 2. The van der Waals surface area contributed by atoms with Crippen LogP contribution in [-0.2, 0) is 43.9 Å². The van der Waals surface area contributed by atoms with E-state index in [1.54, 1.807) is 110 Å². The van der Waals surface area contributed by atoms with Crippen LogP contribution in [0.5, 0.6) is 35.0 Å². The maximum atomic E-state index is 15.0. The lowest BCUT2D eigenvalue weighted by Crippen LogP contribution is -2.29. The van der Waals surface area contributed by atoms with Crippen LogP contribution in [0.4, 0.5) is 57.9 Å². The van der Waals surface area contributed by atoms with Crippen molar-refractivity contribution in [2.24, 2.45) is 14.1 Å². The summed E-state index contributed by atoms with van der Waals surface area (Å²) in [5.41, 5.74) is -0.199. The number of ether oxygens (including phenoxy) is 4. The average molecular weight is 1710 g/mol. The van der Waals surface area contributed by atoms with Crippen molar-refractivity contribution in [1.29, 1.82) is 0 Å². The first-order valence-electron chi connectivity index (χ1n) is 37.0. The first kappa shape index (κ1) is 81.2. The highest BCUT2D eigenvalue weighted by molar-refractivity contribution is 7.86. The molecule has 618 valence electrons. The first-order valence-corrected chi connectivity index (χ1v) is 39.9. The van der Waals surface area contributed by atoms with E-state index in [4.69, 9.17) is 18.9 Å². The largest absolute Gasteiger partial charge is 0.478 e. The molecule has 14 aromatic rings. The van der Waals surface area contributed by atoms with Crippen molar-refractivity contribution in [3.63, 3.8) is 0 Å². The van der Waals surface area contributed by atoms with E-state index in [0.29, 0.717) is 11.1 Å². The summed E-state index contributed by atoms with van der Waals surface area (Å²) in [5, 5.41) is 38.3. The summed E-state index contributed by atoms with van der Waals surface area (Å²) in [6.45, 7) is 1.70. The number of aromatic nitrogens is 8. The monoisotopic (exact) mass is 1700 g/mol. The summed E-state index contributed by atoms with van der Waals surface area (Å²) in [7, 11) is -7.36. The first-order chi connectivity index (χ1) is 59.5. The highest BCUT2D eigenvalue weighted by Gasteiger charge is 2.37. The Hall–Kier alpha value is -16.6. The van der Waals surface area contributed by atoms with Crippen molar-refractivity contribution >= 4 is 148 Å². The molecule has 0 fully saturated rings. The molecule has 0 spiro atoms. The molecule has 4 heterocycles. The third-order valence-electron chi connectivity index (χ3n) is 20.0. The molecule has 0 aliphatic heterocycles. The maximum Gasteiger partial charge on any atom is 0.335 e. The molecule has 2 aliphatic rings. The standard InChI is InChI=1S/C86H60N14O22S2/c1-42-13-11-16-44(31-42)74(104)72-66-54-18-8-10-20-56(54)76(106)68-58(24-26-62(70(66)68)100(3)78(72)108)91-59-37-48(22-28-63(59)123(113,114)115)90-83-93-81(95-85(97-83)121-51-34-45(79(109)110)32-49(38-51)119-40-101)87-29-12-30-88-82-94-84(98-86(96-82)122-52-35-46(80(111)112)33-50(39-52)120-41-102)92-60-36-47(21-27-64(60)124(116,117)118)89-57-23-25-61-69-65(53-17-7-9-19-55(53)75(105)67(57)69)71(77(107)99(61)2)73(103)43-14-5-4-6-15-43/h4-11,13-28,31-41,89,91H,12,29-30H2,1-3H3,(H,109,110)(H,111,112)(H,113,114,115)(H,116,117,118)(H2,87,90,93,95,97)(H2,88,92,94,96,98). The summed E-state index contributed by atoms with van der Waals surface area (Å²) < 4.78 is 99.2. The molecule has 0 unspecified atom stereocenters. The lowest BCUT2D eigenvalue weighted by molar-refractivity contribution is -0.121. The maximum absolute atomic E-state index is 15.0. The summed E-state index contributed by atoms with van der Waals surface area (Å²) in [6, 6.07) is 45.9. The topological polar surface area (TPSA) is 516 Å². The second-order valence-electron chi connectivity index (χ2n) is 27.9. The molecule has 38 heteroatoms. The fourth-order valence-electron chi connectivity index (χ4n) is 14.6. The number of hydrogen-bond acceptors (Lipinski definition) is 30.